The van der Waals surface area contributed by atoms with Crippen molar-refractivity contribution in [2.45, 2.75) is 13.0 Å². The second-order valence-electron chi connectivity index (χ2n) is 3.26. The second kappa shape index (κ2) is 4.04. The Morgan fingerprint density at radius 2 is 2.00 bits per heavy atom. The van der Waals surface area contributed by atoms with Crippen molar-refractivity contribution in [2.75, 3.05) is 0 Å². The van der Waals surface area contributed by atoms with E-state index in [1.54, 1.807) is 19.1 Å². The minimum atomic E-state index is -0.616. The fourth-order valence-electron chi connectivity index (χ4n) is 1.20. The van der Waals surface area contributed by atoms with E-state index in [0.29, 0.717) is 16.6 Å². The predicted octanol–water partition coefficient (Wildman–Crippen LogP) is 3.05. The molecule has 1 aromatic heterocycles. The summed E-state index contributed by atoms with van der Waals surface area (Å²) >= 11 is 5.76. The standard InChI is InChI=1S/C11H10ClNO2/c1-7(14)10-6-15-11(13-10)8-2-4-9(12)5-3-8/h2-7,14H,1H3. The molecule has 78 valence electrons. The first-order chi connectivity index (χ1) is 7.16. The summed E-state index contributed by atoms with van der Waals surface area (Å²) in [6.07, 6.45) is 0.837. The fraction of sp³-hybridized carbons (Fsp3) is 0.182. The number of rotatable bonds is 2. The van der Waals surface area contributed by atoms with Gasteiger partial charge >= 0.3 is 0 Å². The quantitative estimate of drug-likeness (QED) is 0.851. The molecule has 2 rings (SSSR count). The van der Waals surface area contributed by atoms with Crippen LogP contribution in [-0.4, -0.2) is 10.1 Å². The lowest BCUT2D eigenvalue weighted by Gasteiger charge is -1.96. The van der Waals surface area contributed by atoms with Crippen molar-refractivity contribution in [3.63, 3.8) is 0 Å². The average molecular weight is 224 g/mol. The van der Waals surface area contributed by atoms with E-state index in [2.05, 4.69) is 4.98 Å². The van der Waals surface area contributed by atoms with Crippen LogP contribution in [0.15, 0.2) is 34.9 Å². The number of aliphatic hydroxyl groups is 1. The van der Waals surface area contributed by atoms with Gasteiger partial charge in [0.05, 0.1) is 6.10 Å². The minimum absolute atomic E-state index is 0.488. The molecule has 0 bridgehead atoms. The molecule has 4 heteroatoms. The molecule has 2 aromatic rings. The van der Waals surface area contributed by atoms with Crippen molar-refractivity contribution in [2.24, 2.45) is 0 Å². The van der Waals surface area contributed by atoms with Crippen molar-refractivity contribution in [1.82, 2.24) is 4.98 Å². The van der Waals surface area contributed by atoms with E-state index in [1.165, 1.54) is 6.26 Å². The molecule has 0 saturated heterocycles. The predicted molar refractivity (Wildman–Crippen MR) is 57.6 cm³/mol. The van der Waals surface area contributed by atoms with Gasteiger partial charge in [0.15, 0.2) is 0 Å². The summed E-state index contributed by atoms with van der Waals surface area (Å²) in [6, 6.07) is 7.17. The average Bonchev–Trinajstić information content (AvgIpc) is 2.68. The van der Waals surface area contributed by atoms with Crippen LogP contribution in [0.3, 0.4) is 0 Å². The zero-order valence-electron chi connectivity index (χ0n) is 8.14. The minimum Gasteiger partial charge on any atom is -0.444 e. The molecule has 0 aliphatic carbocycles. The summed E-state index contributed by atoms with van der Waals surface area (Å²) in [6.45, 7) is 1.64. The summed E-state index contributed by atoms with van der Waals surface area (Å²) in [5.74, 6) is 0.488. The highest BCUT2D eigenvalue weighted by molar-refractivity contribution is 6.30. The van der Waals surface area contributed by atoms with E-state index in [4.69, 9.17) is 16.0 Å². The molecule has 1 heterocycles. The molecule has 0 radical (unpaired) electrons. The van der Waals surface area contributed by atoms with Gasteiger partial charge in [0.25, 0.3) is 0 Å². The number of hydrogen-bond donors (Lipinski definition) is 1. The van der Waals surface area contributed by atoms with Gasteiger partial charge in [-0.1, -0.05) is 11.6 Å². The Morgan fingerprint density at radius 1 is 1.33 bits per heavy atom. The van der Waals surface area contributed by atoms with Crippen molar-refractivity contribution in [1.29, 1.82) is 0 Å². The van der Waals surface area contributed by atoms with E-state index in [-0.39, 0.29) is 0 Å². The van der Waals surface area contributed by atoms with Crippen LogP contribution in [0.5, 0.6) is 0 Å². The number of benzene rings is 1. The van der Waals surface area contributed by atoms with E-state index >= 15 is 0 Å². The first-order valence-electron chi connectivity index (χ1n) is 4.56. The van der Waals surface area contributed by atoms with Gasteiger partial charge in [-0.25, -0.2) is 4.98 Å². The molecule has 3 nitrogen and oxygen atoms in total. The van der Waals surface area contributed by atoms with Gasteiger partial charge in [-0.2, -0.15) is 0 Å². The van der Waals surface area contributed by atoms with Crippen molar-refractivity contribution >= 4 is 11.6 Å². The Kier molecular flexibility index (Phi) is 2.75. The number of hydrogen-bond acceptors (Lipinski definition) is 3. The third-order valence-corrected chi connectivity index (χ3v) is 2.29. The van der Waals surface area contributed by atoms with Crippen LogP contribution in [0.2, 0.25) is 5.02 Å². The molecule has 1 unspecified atom stereocenters. The molecule has 0 amide bonds. The van der Waals surface area contributed by atoms with Gasteiger partial charge in [0.1, 0.15) is 12.0 Å². The van der Waals surface area contributed by atoms with Crippen LogP contribution in [0, 0.1) is 0 Å². The summed E-state index contributed by atoms with van der Waals surface area (Å²) < 4.78 is 5.24. The molecule has 1 aromatic carbocycles. The number of halogens is 1. The number of nitrogens with zero attached hydrogens (tertiary/aromatic N) is 1. The molecule has 1 N–H and O–H groups in total. The lowest BCUT2D eigenvalue weighted by molar-refractivity contribution is 0.194. The van der Waals surface area contributed by atoms with Gasteiger partial charge in [-0.15, -0.1) is 0 Å². The second-order valence-corrected chi connectivity index (χ2v) is 3.70. The molecule has 0 aliphatic rings. The Hall–Kier alpha value is -1.32. The maximum atomic E-state index is 9.28. The highest BCUT2D eigenvalue weighted by Crippen LogP contribution is 2.22. The Morgan fingerprint density at radius 3 is 2.53 bits per heavy atom. The zero-order chi connectivity index (χ0) is 10.8. The van der Waals surface area contributed by atoms with E-state index < -0.39 is 6.10 Å². The number of aromatic nitrogens is 1. The molecule has 0 aliphatic heterocycles. The van der Waals surface area contributed by atoms with Crippen LogP contribution in [0.4, 0.5) is 0 Å². The Bertz CT molecular complexity index is 448. The molecule has 0 fully saturated rings. The molecule has 15 heavy (non-hydrogen) atoms. The first kappa shape index (κ1) is 10.2. The van der Waals surface area contributed by atoms with Gasteiger partial charge in [0, 0.05) is 10.6 Å². The van der Waals surface area contributed by atoms with Gasteiger partial charge in [0.2, 0.25) is 5.89 Å². The molecule has 0 saturated carbocycles. The summed E-state index contributed by atoms with van der Waals surface area (Å²) in [5.41, 5.74) is 1.37. The van der Waals surface area contributed by atoms with Crippen molar-refractivity contribution in [3.8, 4) is 11.5 Å². The summed E-state index contributed by atoms with van der Waals surface area (Å²) in [5, 5.41) is 9.95. The third-order valence-electron chi connectivity index (χ3n) is 2.04. The number of aliphatic hydroxyl groups excluding tert-OH is 1. The Balaban J connectivity index is 2.33. The normalized spacial score (nSPS) is 12.7. The maximum Gasteiger partial charge on any atom is 0.226 e. The molecule has 0 spiro atoms. The van der Waals surface area contributed by atoms with Gasteiger partial charge < -0.3 is 9.52 Å². The third kappa shape index (κ3) is 2.19. The first-order valence-corrected chi connectivity index (χ1v) is 4.94. The van der Waals surface area contributed by atoms with E-state index in [9.17, 15) is 5.11 Å². The smallest absolute Gasteiger partial charge is 0.226 e. The molecular formula is C11H10ClNO2. The van der Waals surface area contributed by atoms with Crippen LogP contribution < -0.4 is 0 Å². The van der Waals surface area contributed by atoms with E-state index in [1.807, 2.05) is 12.1 Å². The fourth-order valence-corrected chi connectivity index (χ4v) is 1.33. The largest absolute Gasteiger partial charge is 0.444 e. The molecule has 1 atom stereocenters. The van der Waals surface area contributed by atoms with Gasteiger partial charge in [-0.05, 0) is 31.2 Å². The number of oxazole rings is 1. The molecular weight excluding hydrogens is 214 g/mol. The van der Waals surface area contributed by atoms with Crippen LogP contribution in [0.1, 0.15) is 18.7 Å². The highest BCUT2D eigenvalue weighted by atomic mass is 35.5. The highest BCUT2D eigenvalue weighted by Gasteiger charge is 2.09. The Labute approximate surface area is 92.3 Å². The summed E-state index contributed by atoms with van der Waals surface area (Å²) in [7, 11) is 0. The van der Waals surface area contributed by atoms with E-state index in [0.717, 1.165) is 5.56 Å². The lowest BCUT2D eigenvalue weighted by Crippen LogP contribution is -1.90. The van der Waals surface area contributed by atoms with Crippen molar-refractivity contribution in [3.05, 3.63) is 41.2 Å². The lowest BCUT2D eigenvalue weighted by atomic mass is 10.2. The topological polar surface area (TPSA) is 46.3 Å². The van der Waals surface area contributed by atoms with Crippen LogP contribution in [0.25, 0.3) is 11.5 Å². The van der Waals surface area contributed by atoms with Crippen molar-refractivity contribution < 1.29 is 9.52 Å². The van der Waals surface area contributed by atoms with Crippen LogP contribution in [-0.2, 0) is 0 Å². The van der Waals surface area contributed by atoms with Gasteiger partial charge in [-0.3, -0.25) is 0 Å². The zero-order valence-corrected chi connectivity index (χ0v) is 8.90. The monoisotopic (exact) mass is 223 g/mol. The summed E-state index contributed by atoms with van der Waals surface area (Å²) in [4.78, 5) is 4.15. The SMILES string of the molecule is CC(O)c1coc(-c2ccc(Cl)cc2)n1. The maximum absolute atomic E-state index is 9.28. The van der Waals surface area contributed by atoms with Crippen LogP contribution >= 0.6 is 11.6 Å².